The maximum Gasteiger partial charge on any atom is 0.266 e. The Labute approximate surface area is 273 Å². The van der Waals surface area contributed by atoms with Crippen molar-refractivity contribution in [3.05, 3.63) is 128 Å². The van der Waals surface area contributed by atoms with Crippen LogP contribution in [0, 0.1) is 0 Å². The van der Waals surface area contributed by atoms with Crippen molar-refractivity contribution in [2.24, 2.45) is 4.99 Å². The summed E-state index contributed by atoms with van der Waals surface area (Å²) in [6, 6.07) is 30.5. The van der Waals surface area contributed by atoms with Crippen LogP contribution in [0.15, 0.2) is 111 Å². The normalized spacial score (nSPS) is 17.5. The van der Waals surface area contributed by atoms with Crippen LogP contribution in [0.5, 0.6) is 11.5 Å². The Kier molecular flexibility index (Phi) is 10.7. The van der Waals surface area contributed by atoms with Gasteiger partial charge in [-0.2, -0.15) is 0 Å². The molecule has 5 rings (SSSR count). The number of carbonyl (C=O) groups is 1. The van der Waals surface area contributed by atoms with Gasteiger partial charge in [0, 0.05) is 46.1 Å². The zero-order valence-electron chi connectivity index (χ0n) is 24.1. The summed E-state index contributed by atoms with van der Waals surface area (Å²) >= 11 is 7.36. The van der Waals surface area contributed by atoms with Gasteiger partial charge in [0.2, 0.25) is 5.90 Å². The molecule has 1 aliphatic rings. The highest BCUT2D eigenvalue weighted by Crippen LogP contribution is 2.45. The first-order valence-corrected chi connectivity index (χ1v) is 15.8. The molecule has 44 heavy (non-hydrogen) atoms. The monoisotopic (exact) mass is 721 g/mol. The van der Waals surface area contributed by atoms with Crippen molar-refractivity contribution in [2.45, 2.75) is 31.0 Å². The van der Waals surface area contributed by atoms with E-state index >= 15 is 0 Å². The zero-order valence-corrected chi connectivity index (χ0v) is 27.3. The third-order valence-electron chi connectivity index (χ3n) is 7.29. The predicted octanol–water partition coefficient (Wildman–Crippen LogP) is 6.30. The van der Waals surface area contributed by atoms with Crippen LogP contribution in [0.1, 0.15) is 34.8 Å². The smallest absolute Gasteiger partial charge is 0.266 e. The SMILES string of the molecule is COc1ccc(CNNC(=O)[C@@]2(Cc3ccccc3Br)N=C(c3ccc(OCCCO)cc3)O[C@H]2c2ccccc2Br)cc1. The number of benzene rings is 4. The van der Waals surface area contributed by atoms with E-state index in [4.69, 9.17) is 24.3 Å². The number of aliphatic hydroxyl groups is 1. The maximum atomic E-state index is 14.4. The summed E-state index contributed by atoms with van der Waals surface area (Å²) < 4.78 is 19.3. The Morgan fingerprint density at radius 1 is 0.932 bits per heavy atom. The van der Waals surface area contributed by atoms with Crippen molar-refractivity contribution < 1.29 is 24.1 Å². The summed E-state index contributed by atoms with van der Waals surface area (Å²) in [5.41, 5.74) is 8.05. The van der Waals surface area contributed by atoms with Crippen LogP contribution in [-0.4, -0.2) is 42.8 Å². The average Bonchev–Trinajstić information content (AvgIpc) is 3.43. The van der Waals surface area contributed by atoms with Crippen molar-refractivity contribution in [3.8, 4) is 11.5 Å². The molecular weight excluding hydrogens is 690 g/mol. The minimum absolute atomic E-state index is 0.0653. The lowest BCUT2D eigenvalue weighted by Crippen LogP contribution is -2.53. The van der Waals surface area contributed by atoms with E-state index in [2.05, 4.69) is 42.7 Å². The van der Waals surface area contributed by atoms with E-state index in [1.807, 2.05) is 97.1 Å². The van der Waals surface area contributed by atoms with E-state index in [1.165, 1.54) is 0 Å². The number of nitrogens with one attached hydrogen (secondary N) is 2. The first kappa shape index (κ1) is 31.7. The molecule has 228 valence electrons. The molecule has 0 bridgehead atoms. The van der Waals surface area contributed by atoms with Gasteiger partial charge in [-0.1, -0.05) is 80.4 Å². The Bertz CT molecular complexity index is 1600. The van der Waals surface area contributed by atoms with Crippen LogP contribution in [-0.2, 0) is 22.5 Å². The highest BCUT2D eigenvalue weighted by Gasteiger charge is 2.54. The Morgan fingerprint density at radius 2 is 1.61 bits per heavy atom. The van der Waals surface area contributed by atoms with E-state index in [0.29, 0.717) is 36.8 Å². The van der Waals surface area contributed by atoms with Crippen LogP contribution in [0.2, 0.25) is 0 Å². The van der Waals surface area contributed by atoms with Crippen LogP contribution in [0.4, 0.5) is 0 Å². The number of hydrazine groups is 1. The number of halogens is 2. The fourth-order valence-corrected chi connectivity index (χ4v) is 5.87. The summed E-state index contributed by atoms with van der Waals surface area (Å²) in [6.07, 6.45) is 0.0654. The van der Waals surface area contributed by atoms with Gasteiger partial charge in [0.05, 0.1) is 13.7 Å². The summed E-state index contributed by atoms with van der Waals surface area (Å²) in [7, 11) is 1.62. The lowest BCUT2D eigenvalue weighted by Gasteiger charge is -2.31. The Morgan fingerprint density at radius 3 is 2.30 bits per heavy atom. The summed E-state index contributed by atoms with van der Waals surface area (Å²) in [5, 5.41) is 9.06. The summed E-state index contributed by atoms with van der Waals surface area (Å²) in [6.45, 7) is 0.877. The van der Waals surface area contributed by atoms with Gasteiger partial charge in [-0.15, -0.1) is 0 Å². The summed E-state index contributed by atoms with van der Waals surface area (Å²) in [5.74, 6) is 1.45. The van der Waals surface area contributed by atoms with Crippen molar-refractivity contribution >= 4 is 43.7 Å². The molecule has 3 N–H and O–H groups in total. The van der Waals surface area contributed by atoms with Crippen molar-refractivity contribution in [3.63, 3.8) is 0 Å². The molecule has 0 radical (unpaired) electrons. The Balaban J connectivity index is 1.51. The number of rotatable bonds is 13. The lowest BCUT2D eigenvalue weighted by atomic mass is 9.82. The number of aliphatic hydroxyl groups excluding tert-OH is 1. The largest absolute Gasteiger partial charge is 0.497 e. The number of aliphatic imine (C=N–C) groups is 1. The minimum atomic E-state index is -1.37. The second-order valence-corrected chi connectivity index (χ2v) is 11.9. The molecule has 4 aromatic rings. The van der Waals surface area contributed by atoms with E-state index < -0.39 is 11.6 Å². The average molecular weight is 723 g/mol. The van der Waals surface area contributed by atoms with Crippen molar-refractivity contribution in [1.82, 2.24) is 10.9 Å². The molecular formula is C34H33Br2N3O5. The number of amides is 1. The highest BCUT2D eigenvalue weighted by molar-refractivity contribution is 9.10. The van der Waals surface area contributed by atoms with Gasteiger partial charge in [-0.05, 0) is 59.7 Å². The first-order valence-electron chi connectivity index (χ1n) is 14.2. The topological polar surface area (TPSA) is 101 Å². The number of hydrogen-bond acceptors (Lipinski definition) is 7. The molecule has 0 saturated carbocycles. The number of methoxy groups -OCH3 is 1. The van der Waals surface area contributed by atoms with Crippen LogP contribution >= 0.6 is 31.9 Å². The quantitative estimate of drug-likeness (QED) is 0.111. The second kappa shape index (κ2) is 14.9. The number of ether oxygens (including phenoxy) is 3. The third-order valence-corrected chi connectivity index (χ3v) is 8.78. The third kappa shape index (κ3) is 7.32. The fourth-order valence-electron chi connectivity index (χ4n) is 4.96. The standard InChI is InChI=1S/C34H33Br2N3O5/c1-42-26-15-11-23(12-16-26)22-37-39-33(41)34(21-25-7-2-4-9-29(25)35)31(28-8-3-5-10-30(28)36)44-32(38-34)24-13-17-27(18-14-24)43-20-6-19-40/h2-5,7-18,31,37,40H,6,19-22H2,1H3,(H,39,41)/t31-,34-/m0/s1. The van der Waals surface area contributed by atoms with Gasteiger partial charge in [-0.25, -0.2) is 10.4 Å². The molecule has 10 heteroatoms. The molecule has 0 aliphatic carbocycles. The van der Waals surface area contributed by atoms with E-state index in [-0.39, 0.29) is 18.9 Å². The molecule has 2 atom stereocenters. The number of carbonyl (C=O) groups excluding carboxylic acids is 1. The number of hydrogen-bond donors (Lipinski definition) is 3. The first-order chi connectivity index (χ1) is 21.4. The van der Waals surface area contributed by atoms with E-state index in [0.717, 1.165) is 31.4 Å². The van der Waals surface area contributed by atoms with Gasteiger partial charge in [0.1, 0.15) is 11.5 Å². The molecule has 1 heterocycles. The van der Waals surface area contributed by atoms with Crippen LogP contribution in [0.3, 0.4) is 0 Å². The molecule has 0 aromatic heterocycles. The van der Waals surface area contributed by atoms with Crippen LogP contribution in [0.25, 0.3) is 0 Å². The van der Waals surface area contributed by atoms with Crippen LogP contribution < -0.4 is 20.3 Å². The highest BCUT2D eigenvalue weighted by atomic mass is 79.9. The molecule has 0 fully saturated rings. The van der Waals surface area contributed by atoms with Gasteiger partial charge < -0.3 is 19.3 Å². The predicted molar refractivity (Wildman–Crippen MR) is 177 cm³/mol. The molecule has 1 amide bonds. The maximum absolute atomic E-state index is 14.4. The van der Waals surface area contributed by atoms with Gasteiger partial charge in [0.15, 0.2) is 11.6 Å². The van der Waals surface area contributed by atoms with E-state index in [9.17, 15) is 4.79 Å². The van der Waals surface area contributed by atoms with Gasteiger partial charge in [-0.3, -0.25) is 10.2 Å². The lowest BCUT2D eigenvalue weighted by molar-refractivity contribution is -0.130. The molecule has 0 spiro atoms. The molecule has 0 unspecified atom stereocenters. The zero-order chi connectivity index (χ0) is 30.9. The Hall–Kier alpha value is -3.70. The van der Waals surface area contributed by atoms with E-state index in [1.54, 1.807) is 7.11 Å². The fraction of sp³-hybridized carbons (Fsp3) is 0.235. The summed E-state index contributed by atoms with van der Waals surface area (Å²) in [4.78, 5) is 19.5. The molecule has 8 nitrogen and oxygen atoms in total. The minimum Gasteiger partial charge on any atom is -0.497 e. The van der Waals surface area contributed by atoms with Gasteiger partial charge in [0.25, 0.3) is 5.91 Å². The van der Waals surface area contributed by atoms with Crippen molar-refractivity contribution in [1.29, 1.82) is 0 Å². The number of nitrogens with zero attached hydrogens (tertiary/aromatic N) is 1. The molecule has 1 aliphatic heterocycles. The second-order valence-electron chi connectivity index (χ2n) is 10.2. The molecule has 0 saturated heterocycles. The molecule has 4 aromatic carbocycles. The van der Waals surface area contributed by atoms with Crippen molar-refractivity contribution in [2.75, 3.05) is 20.3 Å². The van der Waals surface area contributed by atoms with Gasteiger partial charge >= 0.3 is 0 Å².